The zero-order chi connectivity index (χ0) is 16.3. The number of benzene rings is 1. The molecule has 22 heavy (non-hydrogen) atoms. The topological polar surface area (TPSA) is 105 Å². The van der Waals surface area contributed by atoms with Gasteiger partial charge in [-0.3, -0.25) is 9.59 Å². The van der Waals surface area contributed by atoms with Gasteiger partial charge >= 0.3 is 6.03 Å². The molecule has 0 aliphatic carbocycles. The third-order valence-corrected chi connectivity index (χ3v) is 3.66. The van der Waals surface area contributed by atoms with Gasteiger partial charge in [-0.25, -0.2) is 4.79 Å². The maximum Gasteiger partial charge on any atom is 0.312 e. The van der Waals surface area contributed by atoms with Gasteiger partial charge in [0.15, 0.2) is 0 Å². The van der Waals surface area contributed by atoms with Crippen molar-refractivity contribution in [2.75, 3.05) is 4.90 Å². The molecule has 7 heteroatoms. The summed E-state index contributed by atoms with van der Waals surface area (Å²) in [5.41, 5.74) is 5.79. The molecule has 3 unspecified atom stereocenters. The number of primary amides is 1. The molecule has 7 nitrogen and oxygen atoms in total. The molecule has 118 valence electrons. The van der Waals surface area contributed by atoms with Gasteiger partial charge in [0.1, 0.15) is 12.1 Å². The second-order valence-electron chi connectivity index (χ2n) is 5.42. The summed E-state index contributed by atoms with van der Waals surface area (Å²) >= 11 is 0. The minimum absolute atomic E-state index is 0.0143. The lowest BCUT2D eigenvalue weighted by molar-refractivity contribution is -0.127. The van der Waals surface area contributed by atoms with E-state index in [1.165, 1.54) is 6.92 Å². The Morgan fingerprint density at radius 2 is 1.95 bits per heavy atom. The van der Waals surface area contributed by atoms with Crippen molar-refractivity contribution in [3.05, 3.63) is 30.3 Å². The van der Waals surface area contributed by atoms with E-state index in [0.29, 0.717) is 6.42 Å². The highest BCUT2D eigenvalue weighted by molar-refractivity contribution is 6.02. The molecule has 0 saturated carbocycles. The second-order valence-corrected chi connectivity index (χ2v) is 5.42. The van der Waals surface area contributed by atoms with Crippen molar-refractivity contribution in [2.45, 2.75) is 38.4 Å². The Morgan fingerprint density at radius 1 is 1.32 bits per heavy atom. The standard InChI is InChI=1S/C15H20N4O3/c1-9-8-12(18-13(20)10(2)17-15(16)22)14(21)19(9)11-6-4-3-5-7-11/h3-7,9-10,12H,8H2,1-2H3,(H,18,20)(H3,16,17,22). The van der Waals surface area contributed by atoms with Crippen molar-refractivity contribution in [2.24, 2.45) is 5.73 Å². The summed E-state index contributed by atoms with van der Waals surface area (Å²) in [5.74, 6) is -0.586. The van der Waals surface area contributed by atoms with E-state index in [0.717, 1.165) is 5.69 Å². The van der Waals surface area contributed by atoms with Crippen LogP contribution in [0.2, 0.25) is 0 Å². The lowest BCUT2D eigenvalue weighted by Crippen LogP contribution is -2.51. The summed E-state index contributed by atoms with van der Waals surface area (Å²) < 4.78 is 0. The first-order valence-corrected chi connectivity index (χ1v) is 7.14. The Kier molecular flexibility index (Phi) is 4.65. The minimum Gasteiger partial charge on any atom is -0.352 e. The maximum atomic E-state index is 12.5. The van der Waals surface area contributed by atoms with E-state index in [4.69, 9.17) is 5.73 Å². The third kappa shape index (κ3) is 3.36. The number of anilines is 1. The summed E-state index contributed by atoms with van der Waals surface area (Å²) in [6.45, 7) is 3.44. The molecule has 4 amide bonds. The SMILES string of the molecule is CC(NC(N)=O)C(=O)NC1CC(C)N(c2ccccc2)C1=O. The number of nitrogens with one attached hydrogen (secondary N) is 2. The molecule has 0 radical (unpaired) electrons. The van der Waals surface area contributed by atoms with Crippen LogP contribution in [-0.2, 0) is 9.59 Å². The van der Waals surface area contributed by atoms with Gasteiger partial charge in [-0.1, -0.05) is 18.2 Å². The first kappa shape index (κ1) is 15.8. The van der Waals surface area contributed by atoms with Crippen LogP contribution in [0, 0.1) is 0 Å². The number of amides is 4. The second kappa shape index (κ2) is 6.46. The lowest BCUT2D eigenvalue weighted by Gasteiger charge is -2.21. The van der Waals surface area contributed by atoms with E-state index in [1.807, 2.05) is 37.3 Å². The van der Waals surface area contributed by atoms with Crippen LogP contribution in [0.5, 0.6) is 0 Å². The number of para-hydroxylation sites is 1. The number of nitrogens with two attached hydrogens (primary N) is 1. The highest BCUT2D eigenvalue weighted by Gasteiger charge is 2.39. The first-order valence-electron chi connectivity index (χ1n) is 7.14. The highest BCUT2D eigenvalue weighted by Crippen LogP contribution is 2.26. The Balaban J connectivity index is 2.04. The number of hydrogen-bond acceptors (Lipinski definition) is 3. The fourth-order valence-electron chi connectivity index (χ4n) is 2.60. The smallest absolute Gasteiger partial charge is 0.312 e. The molecule has 0 spiro atoms. The Hall–Kier alpha value is -2.57. The summed E-state index contributed by atoms with van der Waals surface area (Å²) in [6.07, 6.45) is 0.517. The Labute approximate surface area is 128 Å². The van der Waals surface area contributed by atoms with Crippen molar-refractivity contribution < 1.29 is 14.4 Å². The van der Waals surface area contributed by atoms with E-state index in [-0.39, 0.29) is 11.9 Å². The Morgan fingerprint density at radius 3 is 2.55 bits per heavy atom. The number of carbonyl (C=O) groups is 3. The van der Waals surface area contributed by atoms with Gasteiger partial charge in [0.2, 0.25) is 11.8 Å². The summed E-state index contributed by atoms with van der Waals surface area (Å²) in [5, 5.41) is 4.95. The minimum atomic E-state index is -0.786. The molecular formula is C15H20N4O3. The van der Waals surface area contributed by atoms with Crippen LogP contribution < -0.4 is 21.3 Å². The fourth-order valence-corrected chi connectivity index (χ4v) is 2.60. The molecule has 2 rings (SSSR count). The van der Waals surface area contributed by atoms with Crippen LogP contribution in [0.1, 0.15) is 20.3 Å². The van der Waals surface area contributed by atoms with Gasteiger partial charge in [0.05, 0.1) is 0 Å². The van der Waals surface area contributed by atoms with Crippen LogP contribution in [-0.4, -0.2) is 36.0 Å². The third-order valence-electron chi connectivity index (χ3n) is 3.66. The molecule has 1 aliphatic rings. The average molecular weight is 304 g/mol. The van der Waals surface area contributed by atoms with Crippen LogP contribution in [0.3, 0.4) is 0 Å². The van der Waals surface area contributed by atoms with Gasteiger partial charge in [0, 0.05) is 11.7 Å². The molecule has 1 fully saturated rings. The quantitative estimate of drug-likeness (QED) is 0.747. The molecule has 1 aliphatic heterocycles. The molecule has 0 aromatic heterocycles. The van der Waals surface area contributed by atoms with Crippen molar-refractivity contribution >= 4 is 23.5 Å². The molecule has 1 aromatic carbocycles. The van der Waals surface area contributed by atoms with Gasteiger partial charge in [-0.2, -0.15) is 0 Å². The van der Waals surface area contributed by atoms with Crippen LogP contribution in [0.25, 0.3) is 0 Å². The number of rotatable bonds is 4. The fraction of sp³-hybridized carbons (Fsp3) is 0.400. The van der Waals surface area contributed by atoms with Crippen LogP contribution >= 0.6 is 0 Å². The van der Waals surface area contributed by atoms with Gasteiger partial charge < -0.3 is 21.3 Å². The predicted molar refractivity (Wildman–Crippen MR) is 82.1 cm³/mol. The van der Waals surface area contributed by atoms with Crippen molar-refractivity contribution in [3.63, 3.8) is 0 Å². The van der Waals surface area contributed by atoms with Gasteiger partial charge in [-0.15, -0.1) is 0 Å². The normalized spacial score (nSPS) is 22.3. The predicted octanol–water partition coefficient (Wildman–Crippen LogP) is 0.353. The molecule has 4 N–H and O–H groups in total. The lowest BCUT2D eigenvalue weighted by atomic mass is 10.1. The van der Waals surface area contributed by atoms with E-state index in [9.17, 15) is 14.4 Å². The van der Waals surface area contributed by atoms with Gasteiger partial charge in [-0.05, 0) is 32.4 Å². The van der Waals surface area contributed by atoms with Crippen molar-refractivity contribution in [3.8, 4) is 0 Å². The number of nitrogens with zero attached hydrogens (tertiary/aromatic N) is 1. The maximum absolute atomic E-state index is 12.5. The molecule has 1 saturated heterocycles. The van der Waals surface area contributed by atoms with Crippen LogP contribution in [0.15, 0.2) is 30.3 Å². The summed E-state index contributed by atoms with van der Waals surface area (Å²) in [6, 6.07) is 7.14. The van der Waals surface area contributed by atoms with Crippen molar-refractivity contribution in [1.82, 2.24) is 10.6 Å². The largest absolute Gasteiger partial charge is 0.352 e. The first-order chi connectivity index (χ1) is 10.4. The number of hydrogen-bond donors (Lipinski definition) is 3. The monoisotopic (exact) mass is 304 g/mol. The highest BCUT2D eigenvalue weighted by atomic mass is 16.2. The molecule has 3 atom stereocenters. The van der Waals surface area contributed by atoms with E-state index >= 15 is 0 Å². The molecular weight excluding hydrogens is 284 g/mol. The van der Waals surface area contributed by atoms with E-state index < -0.39 is 24.0 Å². The van der Waals surface area contributed by atoms with E-state index in [1.54, 1.807) is 4.90 Å². The molecule has 0 bridgehead atoms. The Bertz CT molecular complexity index is 575. The zero-order valence-corrected chi connectivity index (χ0v) is 12.6. The zero-order valence-electron chi connectivity index (χ0n) is 12.6. The van der Waals surface area contributed by atoms with Crippen molar-refractivity contribution in [1.29, 1.82) is 0 Å². The summed E-state index contributed by atoms with van der Waals surface area (Å²) in [7, 11) is 0. The summed E-state index contributed by atoms with van der Waals surface area (Å²) in [4.78, 5) is 36.9. The molecule has 1 aromatic rings. The van der Waals surface area contributed by atoms with Crippen LogP contribution in [0.4, 0.5) is 10.5 Å². The molecule has 1 heterocycles. The number of carbonyl (C=O) groups excluding carboxylic acids is 3. The average Bonchev–Trinajstić information content (AvgIpc) is 2.73. The number of urea groups is 1. The van der Waals surface area contributed by atoms with Gasteiger partial charge in [0.25, 0.3) is 0 Å². The van der Waals surface area contributed by atoms with E-state index in [2.05, 4.69) is 10.6 Å².